The molecular formula is C23H38ClIN6O. The van der Waals surface area contributed by atoms with Gasteiger partial charge in [0, 0.05) is 68.6 Å². The van der Waals surface area contributed by atoms with E-state index in [0.717, 1.165) is 62.2 Å². The van der Waals surface area contributed by atoms with Crippen LogP contribution in [0.4, 0.5) is 5.69 Å². The highest BCUT2D eigenvalue weighted by Crippen LogP contribution is 2.19. The van der Waals surface area contributed by atoms with Crippen LogP contribution in [0, 0.1) is 0 Å². The predicted molar refractivity (Wildman–Crippen MR) is 145 cm³/mol. The van der Waals surface area contributed by atoms with Crippen LogP contribution in [0.15, 0.2) is 29.3 Å². The minimum Gasteiger partial charge on any atom is -0.368 e. The largest absolute Gasteiger partial charge is 0.368 e. The van der Waals surface area contributed by atoms with Crippen molar-refractivity contribution in [2.24, 2.45) is 4.99 Å². The van der Waals surface area contributed by atoms with Gasteiger partial charge in [-0.1, -0.05) is 11.6 Å². The van der Waals surface area contributed by atoms with Crippen molar-refractivity contribution in [1.29, 1.82) is 0 Å². The normalized spacial score (nSPS) is 18.5. The Hall–Kier alpha value is -1.26. The molecular weight excluding hydrogens is 539 g/mol. The Morgan fingerprint density at radius 1 is 1.09 bits per heavy atom. The summed E-state index contributed by atoms with van der Waals surface area (Å²) in [5.74, 6) is 0.834. The Morgan fingerprint density at radius 3 is 2.28 bits per heavy atom. The molecule has 0 saturated carbocycles. The number of anilines is 1. The minimum absolute atomic E-state index is 0. The summed E-state index contributed by atoms with van der Waals surface area (Å²) in [6.45, 7) is 12.8. The van der Waals surface area contributed by atoms with Crippen molar-refractivity contribution in [2.75, 3.05) is 57.3 Å². The number of hydrogen-bond acceptors (Lipinski definition) is 4. The van der Waals surface area contributed by atoms with Gasteiger partial charge in [-0.2, -0.15) is 0 Å². The monoisotopic (exact) mass is 576 g/mol. The fourth-order valence-corrected chi connectivity index (χ4v) is 4.31. The molecule has 1 aromatic carbocycles. The van der Waals surface area contributed by atoms with E-state index in [-0.39, 0.29) is 36.4 Å². The van der Waals surface area contributed by atoms with Crippen LogP contribution < -0.4 is 15.5 Å². The summed E-state index contributed by atoms with van der Waals surface area (Å²) in [5, 5.41) is 7.56. The summed E-state index contributed by atoms with van der Waals surface area (Å²) in [7, 11) is 0. The van der Waals surface area contributed by atoms with Gasteiger partial charge in [0.25, 0.3) is 0 Å². The number of amides is 1. The second-order valence-electron chi connectivity index (χ2n) is 8.59. The van der Waals surface area contributed by atoms with Gasteiger partial charge in [-0.05, 0) is 57.9 Å². The van der Waals surface area contributed by atoms with E-state index < -0.39 is 0 Å². The first-order valence-corrected chi connectivity index (χ1v) is 11.9. The number of piperazine rings is 1. The first kappa shape index (κ1) is 27.0. The number of aliphatic imine (C=N–C) groups is 1. The van der Waals surface area contributed by atoms with E-state index in [4.69, 9.17) is 11.6 Å². The molecule has 32 heavy (non-hydrogen) atoms. The molecule has 0 unspecified atom stereocenters. The molecule has 2 saturated heterocycles. The Labute approximate surface area is 215 Å². The van der Waals surface area contributed by atoms with Crippen LogP contribution >= 0.6 is 35.6 Å². The Morgan fingerprint density at radius 2 is 1.72 bits per heavy atom. The van der Waals surface area contributed by atoms with Crippen LogP contribution in [0.2, 0.25) is 5.02 Å². The van der Waals surface area contributed by atoms with Crippen molar-refractivity contribution < 1.29 is 4.79 Å². The fraction of sp³-hybridized carbons (Fsp3) is 0.652. The molecule has 0 radical (unpaired) electrons. The van der Waals surface area contributed by atoms with Crippen LogP contribution in [-0.4, -0.2) is 86.1 Å². The highest BCUT2D eigenvalue weighted by atomic mass is 127. The number of piperidine rings is 1. The number of likely N-dealkylation sites (tertiary alicyclic amines) is 1. The maximum absolute atomic E-state index is 12.7. The molecule has 2 aliphatic rings. The van der Waals surface area contributed by atoms with Crippen molar-refractivity contribution in [3.05, 3.63) is 29.3 Å². The van der Waals surface area contributed by atoms with E-state index in [0.29, 0.717) is 25.2 Å². The maximum atomic E-state index is 12.7. The highest BCUT2D eigenvalue weighted by molar-refractivity contribution is 14.0. The third-order valence-electron chi connectivity index (χ3n) is 6.14. The SMILES string of the molecule is CCNC(=NCC(=O)N1CCN(c2ccc(Cl)cc2)CC1)NC1CCN(C(C)C)CC1.I. The maximum Gasteiger partial charge on any atom is 0.244 e. The molecule has 2 fully saturated rings. The van der Waals surface area contributed by atoms with Crippen LogP contribution in [0.5, 0.6) is 0 Å². The van der Waals surface area contributed by atoms with Crippen molar-refractivity contribution in [1.82, 2.24) is 20.4 Å². The molecule has 180 valence electrons. The topological polar surface area (TPSA) is 63.2 Å². The van der Waals surface area contributed by atoms with E-state index >= 15 is 0 Å². The van der Waals surface area contributed by atoms with Gasteiger partial charge < -0.3 is 25.3 Å². The number of hydrogen-bond donors (Lipinski definition) is 2. The zero-order valence-corrected chi connectivity index (χ0v) is 22.6. The van der Waals surface area contributed by atoms with Gasteiger partial charge in [-0.3, -0.25) is 4.79 Å². The lowest BCUT2D eigenvalue weighted by Gasteiger charge is -2.36. The van der Waals surface area contributed by atoms with Crippen LogP contribution in [0.3, 0.4) is 0 Å². The van der Waals surface area contributed by atoms with Gasteiger partial charge in [0.1, 0.15) is 6.54 Å². The lowest BCUT2D eigenvalue weighted by Crippen LogP contribution is -2.51. The van der Waals surface area contributed by atoms with Crippen molar-refractivity contribution in [2.45, 2.75) is 45.7 Å². The average molecular weight is 577 g/mol. The zero-order chi connectivity index (χ0) is 22.2. The smallest absolute Gasteiger partial charge is 0.244 e. The number of nitrogens with zero attached hydrogens (tertiary/aromatic N) is 4. The lowest BCUT2D eigenvalue weighted by molar-refractivity contribution is -0.129. The Kier molecular flexibility index (Phi) is 11.3. The molecule has 2 N–H and O–H groups in total. The van der Waals surface area contributed by atoms with Gasteiger partial charge >= 0.3 is 0 Å². The zero-order valence-electron chi connectivity index (χ0n) is 19.5. The number of benzene rings is 1. The lowest BCUT2D eigenvalue weighted by atomic mass is 10.0. The second-order valence-corrected chi connectivity index (χ2v) is 9.02. The quantitative estimate of drug-likeness (QED) is 0.310. The second kappa shape index (κ2) is 13.4. The number of rotatable bonds is 6. The third-order valence-corrected chi connectivity index (χ3v) is 6.39. The first-order chi connectivity index (χ1) is 15.0. The van der Waals surface area contributed by atoms with Crippen LogP contribution in [0.1, 0.15) is 33.6 Å². The van der Waals surface area contributed by atoms with Gasteiger partial charge in [-0.25, -0.2) is 4.99 Å². The molecule has 0 aromatic heterocycles. The van der Waals surface area contributed by atoms with E-state index in [1.807, 2.05) is 29.2 Å². The van der Waals surface area contributed by atoms with Gasteiger partial charge in [0.2, 0.25) is 5.91 Å². The Balaban J connectivity index is 0.00000363. The summed E-state index contributed by atoms with van der Waals surface area (Å²) in [4.78, 5) is 24.0. The van der Waals surface area contributed by atoms with Gasteiger partial charge in [0.15, 0.2) is 5.96 Å². The van der Waals surface area contributed by atoms with E-state index in [1.165, 1.54) is 0 Å². The summed E-state index contributed by atoms with van der Waals surface area (Å²) >= 11 is 5.98. The van der Waals surface area contributed by atoms with Crippen molar-refractivity contribution >= 4 is 53.1 Å². The summed E-state index contributed by atoms with van der Waals surface area (Å²) < 4.78 is 0. The van der Waals surface area contributed by atoms with Crippen LogP contribution in [-0.2, 0) is 4.79 Å². The third kappa shape index (κ3) is 7.95. The minimum atomic E-state index is 0. The molecule has 9 heteroatoms. The molecule has 7 nitrogen and oxygen atoms in total. The fourth-order valence-electron chi connectivity index (χ4n) is 4.19. The van der Waals surface area contributed by atoms with Gasteiger partial charge in [-0.15, -0.1) is 24.0 Å². The number of guanidine groups is 1. The average Bonchev–Trinajstić information content (AvgIpc) is 2.78. The standard InChI is InChI=1S/C23H37ClN6O.HI/c1-4-25-23(27-20-9-11-28(12-10-20)18(2)3)26-17-22(31)30-15-13-29(14-16-30)21-7-5-19(24)6-8-21;/h5-8,18,20H,4,9-17H2,1-3H3,(H2,25,26,27);1H. The van der Waals surface area contributed by atoms with E-state index in [9.17, 15) is 4.79 Å². The number of halogens is 2. The van der Waals surface area contributed by atoms with E-state index in [2.05, 4.69) is 46.2 Å². The Bertz CT molecular complexity index is 729. The molecule has 0 bridgehead atoms. The molecule has 0 spiro atoms. The molecule has 1 amide bonds. The highest BCUT2D eigenvalue weighted by Gasteiger charge is 2.23. The summed E-state index contributed by atoms with van der Waals surface area (Å²) in [6, 6.07) is 8.89. The van der Waals surface area contributed by atoms with E-state index in [1.54, 1.807) is 0 Å². The first-order valence-electron chi connectivity index (χ1n) is 11.5. The summed E-state index contributed by atoms with van der Waals surface area (Å²) in [6.07, 6.45) is 2.20. The molecule has 1 aromatic rings. The van der Waals surface area contributed by atoms with Gasteiger partial charge in [0.05, 0.1) is 0 Å². The molecule has 3 rings (SSSR count). The van der Waals surface area contributed by atoms with Crippen molar-refractivity contribution in [3.8, 4) is 0 Å². The number of carbonyl (C=O) groups excluding carboxylic acids is 1. The predicted octanol–water partition coefficient (Wildman–Crippen LogP) is 3.03. The van der Waals surface area contributed by atoms with Crippen LogP contribution in [0.25, 0.3) is 0 Å². The summed E-state index contributed by atoms with van der Waals surface area (Å²) in [5.41, 5.74) is 1.15. The number of nitrogens with one attached hydrogen (secondary N) is 2. The molecule has 2 heterocycles. The molecule has 0 aliphatic carbocycles. The number of carbonyl (C=O) groups is 1. The van der Waals surface area contributed by atoms with Crippen molar-refractivity contribution in [3.63, 3.8) is 0 Å². The molecule has 2 aliphatic heterocycles. The molecule has 0 atom stereocenters.